The first-order chi connectivity index (χ1) is 41.5. The summed E-state index contributed by atoms with van der Waals surface area (Å²) in [6.45, 7) is 37.4. The van der Waals surface area contributed by atoms with Crippen LogP contribution >= 0.6 is 0 Å². The van der Waals surface area contributed by atoms with Gasteiger partial charge >= 0.3 is 0 Å². The topological polar surface area (TPSA) is 81.5 Å². The summed E-state index contributed by atoms with van der Waals surface area (Å²) in [5, 5.41) is 22.9. The molecule has 7 heteroatoms. The predicted octanol–water partition coefficient (Wildman–Crippen LogP) is 22.8. The van der Waals surface area contributed by atoms with Gasteiger partial charge < -0.3 is 14.6 Å². The summed E-state index contributed by atoms with van der Waals surface area (Å²) in [5.41, 5.74) is 9.99. The van der Waals surface area contributed by atoms with Crippen molar-refractivity contribution in [2.75, 3.05) is 0 Å². The fourth-order valence-corrected chi connectivity index (χ4v) is 13.0. The molecule has 0 unspecified atom stereocenters. The normalized spacial score (nSPS) is 13.3. The van der Waals surface area contributed by atoms with Gasteiger partial charge in [-0.15, -0.1) is 35.0 Å². The van der Waals surface area contributed by atoms with Gasteiger partial charge in [-0.25, -0.2) is 0 Å². The standard InChI is InChI=1S/C34H34NO.C33H32NO.C13H24O2.Ir/c1-20-11-12-23-22(15-20)16-27-31-30-25(13-14-35-31)24-10-8-9-21(18-33(2,3)4)26(24)17-29(30)36-32(27)28(23)19-34(5,6)7;1-32(2,3)18-21-11-9-13-23-24-14-15-34-30-26-16-20-10-7-8-12-22(20)27(19-33(4,5)6)31(26)35-28(29(24)30)17-25(21)23;1-5-10(6-2)12(14)9-13(15)11(7-3)8-4;/h8-15,17H,18-19H2,1-7H3;7-15,17H,18-19H2,1-6H3;9-11,14H,5-8H2,1-4H3;/q2*-1;;/b;;12-9-;/i14D;15D;;. The minimum absolute atomic E-state index is 0. The average molecular weight is 1340 g/mol. The van der Waals surface area contributed by atoms with Crippen molar-refractivity contribution in [1.82, 2.24) is 9.97 Å². The van der Waals surface area contributed by atoms with E-state index in [1.807, 2.05) is 39.8 Å². The molecule has 12 rings (SSSR count). The molecule has 1 radical (unpaired) electrons. The number of aromatic nitrogens is 2. The van der Waals surface area contributed by atoms with Gasteiger partial charge in [0.05, 0.1) is 20.0 Å². The molecule has 455 valence electrons. The smallest absolute Gasteiger partial charge is 0.162 e. The van der Waals surface area contributed by atoms with Crippen LogP contribution in [0.3, 0.4) is 0 Å². The van der Waals surface area contributed by atoms with Gasteiger partial charge in [0.2, 0.25) is 0 Å². The number of allylic oxidation sites excluding steroid dienone is 2. The first kappa shape index (κ1) is 61.7. The van der Waals surface area contributed by atoms with Crippen LogP contribution in [-0.2, 0) is 50.6 Å². The van der Waals surface area contributed by atoms with E-state index >= 15 is 0 Å². The van der Waals surface area contributed by atoms with Crippen LogP contribution in [0.25, 0.3) is 87.1 Å². The van der Waals surface area contributed by atoms with Crippen molar-refractivity contribution in [1.29, 1.82) is 0 Å². The molecular weight excluding hydrogens is 1250 g/mol. The monoisotopic (exact) mass is 1340 g/mol. The zero-order valence-electron chi connectivity index (χ0n) is 56.6. The molecule has 6 nitrogen and oxygen atoms in total. The molecule has 0 saturated heterocycles. The van der Waals surface area contributed by atoms with Gasteiger partial charge in [-0.05, 0) is 148 Å². The summed E-state index contributed by atoms with van der Waals surface area (Å²) in [6, 6.07) is 43.5. The maximum Gasteiger partial charge on any atom is 0.162 e. The van der Waals surface area contributed by atoms with Crippen molar-refractivity contribution < 1.29 is 42.2 Å². The molecular formula is C80H90IrN2O4-2. The summed E-state index contributed by atoms with van der Waals surface area (Å²) in [5.74, 6) is 3.88. The largest absolute Gasteiger partial charge is 0.512 e. The number of pyridine rings is 2. The number of hydrogen-bond acceptors (Lipinski definition) is 6. The molecule has 4 heterocycles. The number of ether oxygens (including phenoxy) is 2. The summed E-state index contributed by atoms with van der Waals surface area (Å²) >= 11 is 0. The van der Waals surface area contributed by atoms with Crippen LogP contribution in [0.2, 0.25) is 0 Å². The molecule has 0 saturated carbocycles. The number of aliphatic hydroxyl groups excluding tert-OH is 1. The van der Waals surface area contributed by atoms with Crippen LogP contribution in [0.5, 0.6) is 23.0 Å². The Bertz CT molecular complexity index is 4390. The van der Waals surface area contributed by atoms with E-state index in [0.29, 0.717) is 0 Å². The average Bonchev–Trinajstić information content (AvgIpc) is 0.774. The van der Waals surface area contributed by atoms with Crippen molar-refractivity contribution >= 4 is 70.4 Å². The number of rotatable bonds is 11. The van der Waals surface area contributed by atoms with Crippen LogP contribution in [0, 0.1) is 52.6 Å². The minimum atomic E-state index is 0. The molecule has 0 spiro atoms. The van der Waals surface area contributed by atoms with Crippen molar-refractivity contribution in [2.24, 2.45) is 33.5 Å². The van der Waals surface area contributed by atoms with Crippen LogP contribution in [0.15, 0.2) is 127 Å². The van der Waals surface area contributed by atoms with E-state index in [1.54, 1.807) is 0 Å². The maximum absolute atomic E-state index is 11.7. The number of hydrogen-bond donors (Lipinski definition) is 1. The second-order valence-corrected chi connectivity index (χ2v) is 29.2. The fourth-order valence-electron chi connectivity index (χ4n) is 13.0. The van der Waals surface area contributed by atoms with E-state index in [4.69, 9.17) is 22.2 Å². The number of benzene rings is 8. The predicted molar refractivity (Wildman–Crippen MR) is 363 cm³/mol. The molecule has 0 aliphatic carbocycles. The zero-order chi connectivity index (χ0) is 63.5. The number of nitrogens with zero attached hydrogens (tertiary/aromatic N) is 2. The number of carbonyl (C=O) groups excluding carboxylic acids is 1. The van der Waals surface area contributed by atoms with E-state index in [2.05, 4.69) is 193 Å². The molecule has 2 aliphatic rings. The van der Waals surface area contributed by atoms with Crippen molar-refractivity contribution in [2.45, 2.75) is 169 Å². The Morgan fingerprint density at radius 3 is 1.39 bits per heavy atom. The number of ketones is 1. The number of aryl methyl sites for hydroxylation is 1. The summed E-state index contributed by atoms with van der Waals surface area (Å²) < 4.78 is 31.0. The van der Waals surface area contributed by atoms with E-state index in [9.17, 15) is 9.90 Å². The molecule has 87 heavy (non-hydrogen) atoms. The Hall–Kier alpha value is -6.92. The Kier molecular flexibility index (Phi) is 17.9. The molecule has 0 atom stereocenters. The molecule has 10 aromatic rings. The van der Waals surface area contributed by atoms with E-state index < -0.39 is 0 Å². The first-order valence-electron chi connectivity index (χ1n) is 32.4. The van der Waals surface area contributed by atoms with Crippen molar-refractivity contribution in [3.63, 3.8) is 0 Å². The second-order valence-electron chi connectivity index (χ2n) is 29.2. The maximum atomic E-state index is 11.7. The molecule has 2 aromatic heterocycles. The molecule has 8 aromatic carbocycles. The number of fused-ring (bicyclic) bond motifs is 10. The second kappa shape index (κ2) is 25.3. The Balaban J connectivity index is 0.000000172. The fraction of sp³-hybridized carbons (Fsp3) is 0.388. The van der Waals surface area contributed by atoms with Gasteiger partial charge in [-0.2, -0.15) is 0 Å². The van der Waals surface area contributed by atoms with E-state index in [0.717, 1.165) is 140 Å². The van der Waals surface area contributed by atoms with Crippen LogP contribution in [-0.4, -0.2) is 20.9 Å². The van der Waals surface area contributed by atoms with Gasteiger partial charge in [-0.1, -0.05) is 216 Å². The molecule has 2 aliphatic heterocycles. The van der Waals surface area contributed by atoms with Crippen molar-refractivity contribution in [3.05, 3.63) is 167 Å². The summed E-state index contributed by atoms with van der Waals surface area (Å²) in [7, 11) is 0. The minimum Gasteiger partial charge on any atom is -0.512 e. The third-order valence-corrected chi connectivity index (χ3v) is 16.9. The van der Waals surface area contributed by atoms with Gasteiger partial charge in [0.15, 0.2) is 5.78 Å². The van der Waals surface area contributed by atoms with E-state index in [1.165, 1.54) is 55.4 Å². The third kappa shape index (κ3) is 13.7. The van der Waals surface area contributed by atoms with Gasteiger partial charge in [0.1, 0.15) is 11.5 Å². The third-order valence-electron chi connectivity index (χ3n) is 16.9. The van der Waals surface area contributed by atoms with Gasteiger partial charge in [-0.3, -0.25) is 14.8 Å². The molecule has 0 amide bonds. The summed E-state index contributed by atoms with van der Waals surface area (Å²) in [6.07, 6.45) is 9.10. The number of aliphatic hydroxyl groups is 1. The van der Waals surface area contributed by atoms with Crippen LogP contribution in [0.4, 0.5) is 0 Å². The number of carbonyl (C=O) groups is 1. The summed E-state index contributed by atoms with van der Waals surface area (Å²) in [4.78, 5) is 21.3. The molecule has 0 bridgehead atoms. The first-order valence-corrected chi connectivity index (χ1v) is 31.4. The zero-order valence-corrected chi connectivity index (χ0v) is 57.0. The van der Waals surface area contributed by atoms with E-state index in [-0.39, 0.29) is 77.5 Å². The van der Waals surface area contributed by atoms with Crippen LogP contribution in [0.1, 0.15) is 167 Å². The van der Waals surface area contributed by atoms with Crippen molar-refractivity contribution in [3.8, 4) is 45.5 Å². The van der Waals surface area contributed by atoms with Gasteiger partial charge in [0.25, 0.3) is 0 Å². The quantitative estimate of drug-likeness (QED) is 0.0601. The van der Waals surface area contributed by atoms with Gasteiger partial charge in [0, 0.05) is 72.5 Å². The Labute approximate surface area is 534 Å². The molecule has 0 fully saturated rings. The SMILES string of the molecule is CCC(CC)C(=O)/C=C(\O)C(CC)CC.[2H]c1cc2c3c(cc4c(CC(C)(C)C)cccc42)Oc2c([c-]c4cc(C)ccc4c2CC(C)(C)C)-c3n1.[2H]c1cc2c3c(cc4c(CC(C)(C)C)cccc42)Oc2c([c-]c4ccccc4c2CC(C)(C)C)-c3n1.[Ir]. The Morgan fingerprint density at radius 1 is 0.517 bits per heavy atom. The Morgan fingerprint density at radius 2 is 0.943 bits per heavy atom. The molecule has 1 N–H and O–H groups in total. The van der Waals surface area contributed by atoms with Crippen LogP contribution < -0.4 is 9.47 Å².